The van der Waals surface area contributed by atoms with Crippen LogP contribution in [0.4, 0.5) is 0 Å². The molecule has 0 unspecified atom stereocenters. The van der Waals surface area contributed by atoms with E-state index >= 15 is 0 Å². The molecule has 0 fully saturated rings. The van der Waals surface area contributed by atoms with Crippen molar-refractivity contribution in [2.75, 3.05) is 7.11 Å². The molecular formula is C25H27NO2S. The zero-order chi connectivity index (χ0) is 20.6. The van der Waals surface area contributed by atoms with Gasteiger partial charge in [0.15, 0.2) is 0 Å². The summed E-state index contributed by atoms with van der Waals surface area (Å²) < 4.78 is 5.21. The molecule has 0 aliphatic rings. The number of thioether (sulfide) groups is 1. The Balaban J connectivity index is 1.59. The van der Waals surface area contributed by atoms with Crippen LogP contribution >= 0.6 is 11.8 Å². The minimum Gasteiger partial charge on any atom is -0.497 e. The van der Waals surface area contributed by atoms with Crippen molar-refractivity contribution >= 4 is 17.7 Å². The second kappa shape index (κ2) is 10.2. The van der Waals surface area contributed by atoms with Gasteiger partial charge in [-0.15, -0.1) is 11.8 Å². The smallest absolute Gasteiger partial charge is 0.251 e. The van der Waals surface area contributed by atoms with Gasteiger partial charge in [-0.05, 0) is 60.9 Å². The Kier molecular flexibility index (Phi) is 7.36. The zero-order valence-electron chi connectivity index (χ0n) is 17.1. The number of amides is 1. The van der Waals surface area contributed by atoms with Crippen LogP contribution in [0.5, 0.6) is 5.75 Å². The summed E-state index contributed by atoms with van der Waals surface area (Å²) in [6, 6.07) is 24.2. The van der Waals surface area contributed by atoms with E-state index in [1.54, 1.807) is 18.9 Å². The molecule has 0 saturated heterocycles. The van der Waals surface area contributed by atoms with E-state index in [1.807, 2.05) is 48.5 Å². The first kappa shape index (κ1) is 21.0. The highest BCUT2D eigenvalue weighted by atomic mass is 32.2. The molecule has 0 saturated carbocycles. The van der Waals surface area contributed by atoms with Gasteiger partial charge >= 0.3 is 0 Å². The summed E-state index contributed by atoms with van der Waals surface area (Å²) in [6.45, 7) is 4.16. The molecule has 3 rings (SSSR count). The molecule has 4 heteroatoms. The molecule has 0 bridgehead atoms. The van der Waals surface area contributed by atoms with Gasteiger partial charge in [0.2, 0.25) is 0 Å². The van der Waals surface area contributed by atoms with Gasteiger partial charge in [-0.1, -0.05) is 48.9 Å². The summed E-state index contributed by atoms with van der Waals surface area (Å²) in [5.74, 6) is 1.65. The van der Waals surface area contributed by atoms with Crippen LogP contribution in [0, 0.1) is 6.92 Å². The van der Waals surface area contributed by atoms with Crippen molar-refractivity contribution in [1.82, 2.24) is 5.32 Å². The molecule has 0 aromatic heterocycles. The molecule has 3 aromatic rings. The van der Waals surface area contributed by atoms with Gasteiger partial charge in [-0.2, -0.15) is 0 Å². The highest BCUT2D eigenvalue weighted by Gasteiger charge is 2.14. The Bertz CT molecular complexity index is 919. The molecule has 3 aromatic carbocycles. The normalized spacial score (nSPS) is 11.7. The van der Waals surface area contributed by atoms with Crippen LogP contribution < -0.4 is 10.1 Å². The van der Waals surface area contributed by atoms with E-state index in [9.17, 15) is 4.79 Å². The molecule has 0 aliphatic carbocycles. The topological polar surface area (TPSA) is 38.3 Å². The van der Waals surface area contributed by atoms with Crippen LogP contribution in [0.2, 0.25) is 0 Å². The predicted octanol–water partition coefficient (Wildman–Crippen LogP) is 6.18. The molecule has 0 aliphatic heterocycles. The first-order valence-corrected chi connectivity index (χ1v) is 10.8. The Hall–Kier alpha value is -2.72. The van der Waals surface area contributed by atoms with Gasteiger partial charge in [-0.25, -0.2) is 0 Å². The molecule has 0 heterocycles. The highest BCUT2D eigenvalue weighted by Crippen LogP contribution is 2.24. The minimum atomic E-state index is -0.0506. The third-order valence-electron chi connectivity index (χ3n) is 4.87. The van der Waals surface area contributed by atoms with Gasteiger partial charge in [0.1, 0.15) is 5.75 Å². The molecule has 1 atom stereocenters. The SMILES string of the molecule is CC[C@H](NC(=O)c1ccc(CSc2ccc(C)cc2)cc1)c1ccc(OC)cc1. The molecule has 29 heavy (non-hydrogen) atoms. The van der Waals surface area contributed by atoms with E-state index < -0.39 is 0 Å². The van der Waals surface area contributed by atoms with Crippen LogP contribution in [-0.2, 0) is 5.75 Å². The summed E-state index contributed by atoms with van der Waals surface area (Å²) >= 11 is 1.80. The van der Waals surface area contributed by atoms with Crippen LogP contribution in [-0.4, -0.2) is 13.0 Å². The third-order valence-corrected chi connectivity index (χ3v) is 5.96. The van der Waals surface area contributed by atoms with E-state index in [0.29, 0.717) is 5.56 Å². The average Bonchev–Trinajstić information content (AvgIpc) is 2.77. The fourth-order valence-corrected chi connectivity index (χ4v) is 3.91. The first-order valence-electron chi connectivity index (χ1n) is 9.82. The average molecular weight is 406 g/mol. The lowest BCUT2D eigenvalue weighted by atomic mass is 10.0. The summed E-state index contributed by atoms with van der Waals surface area (Å²) in [5, 5.41) is 3.13. The highest BCUT2D eigenvalue weighted by molar-refractivity contribution is 7.98. The zero-order valence-corrected chi connectivity index (χ0v) is 18.0. The number of ether oxygens (including phenoxy) is 1. The maximum atomic E-state index is 12.7. The van der Waals surface area contributed by atoms with Gasteiger partial charge < -0.3 is 10.1 Å². The molecule has 0 spiro atoms. The number of benzene rings is 3. The van der Waals surface area contributed by atoms with Gasteiger partial charge in [0.05, 0.1) is 13.2 Å². The lowest BCUT2D eigenvalue weighted by molar-refractivity contribution is 0.0935. The van der Waals surface area contributed by atoms with Crippen molar-refractivity contribution in [1.29, 1.82) is 0 Å². The second-order valence-electron chi connectivity index (χ2n) is 7.01. The van der Waals surface area contributed by atoms with E-state index in [4.69, 9.17) is 4.74 Å². The number of aryl methyl sites for hydroxylation is 1. The van der Waals surface area contributed by atoms with E-state index in [0.717, 1.165) is 23.5 Å². The molecule has 0 radical (unpaired) electrons. The fourth-order valence-electron chi connectivity index (χ4n) is 3.05. The molecule has 150 valence electrons. The number of rotatable bonds is 8. The standard InChI is InChI=1S/C25H27NO2S/c1-4-24(20-11-13-22(28-3)14-12-20)26-25(27)21-9-7-19(8-10-21)17-29-23-15-5-18(2)6-16-23/h5-16,24H,4,17H2,1-3H3,(H,26,27)/t24-/m0/s1. The maximum Gasteiger partial charge on any atom is 0.251 e. The predicted molar refractivity (Wildman–Crippen MR) is 121 cm³/mol. The lowest BCUT2D eigenvalue weighted by Crippen LogP contribution is -2.28. The fraction of sp³-hybridized carbons (Fsp3) is 0.240. The van der Waals surface area contributed by atoms with E-state index in [1.165, 1.54) is 16.0 Å². The number of nitrogens with one attached hydrogen (secondary N) is 1. The summed E-state index contributed by atoms with van der Waals surface area (Å²) in [7, 11) is 1.65. The quantitative estimate of drug-likeness (QED) is 0.455. The molecule has 1 amide bonds. The number of hydrogen-bond donors (Lipinski definition) is 1. The van der Waals surface area contributed by atoms with Gasteiger partial charge in [0, 0.05) is 16.2 Å². The van der Waals surface area contributed by atoms with E-state index in [2.05, 4.69) is 43.4 Å². The van der Waals surface area contributed by atoms with Crippen molar-refractivity contribution in [3.05, 3.63) is 95.1 Å². The number of carbonyl (C=O) groups is 1. The monoisotopic (exact) mass is 405 g/mol. The lowest BCUT2D eigenvalue weighted by Gasteiger charge is -2.18. The van der Waals surface area contributed by atoms with Crippen LogP contribution in [0.15, 0.2) is 77.7 Å². The molecule has 3 nitrogen and oxygen atoms in total. The van der Waals surface area contributed by atoms with E-state index in [-0.39, 0.29) is 11.9 Å². The largest absolute Gasteiger partial charge is 0.497 e. The minimum absolute atomic E-state index is 0.0230. The number of hydrogen-bond acceptors (Lipinski definition) is 3. The van der Waals surface area contributed by atoms with Crippen molar-refractivity contribution in [3.8, 4) is 5.75 Å². The van der Waals surface area contributed by atoms with Crippen LogP contribution in [0.1, 0.15) is 46.4 Å². The first-order chi connectivity index (χ1) is 14.1. The van der Waals surface area contributed by atoms with Crippen molar-refractivity contribution in [2.24, 2.45) is 0 Å². The van der Waals surface area contributed by atoms with Crippen LogP contribution in [0.3, 0.4) is 0 Å². The summed E-state index contributed by atoms with van der Waals surface area (Å²) in [5.41, 5.74) is 4.23. The molecular weight excluding hydrogens is 378 g/mol. The number of carbonyl (C=O) groups excluding carboxylic acids is 1. The Morgan fingerprint density at radius 1 is 0.966 bits per heavy atom. The Morgan fingerprint density at radius 3 is 2.21 bits per heavy atom. The van der Waals surface area contributed by atoms with Crippen molar-refractivity contribution < 1.29 is 9.53 Å². The van der Waals surface area contributed by atoms with Crippen molar-refractivity contribution in [2.45, 2.75) is 37.0 Å². The van der Waals surface area contributed by atoms with Crippen LogP contribution in [0.25, 0.3) is 0 Å². The Morgan fingerprint density at radius 2 is 1.62 bits per heavy atom. The third kappa shape index (κ3) is 5.88. The Labute approximate surface area is 177 Å². The van der Waals surface area contributed by atoms with Gasteiger partial charge in [0.25, 0.3) is 5.91 Å². The second-order valence-corrected chi connectivity index (χ2v) is 8.05. The summed E-state index contributed by atoms with van der Waals surface area (Å²) in [6.07, 6.45) is 0.823. The van der Waals surface area contributed by atoms with Gasteiger partial charge in [-0.3, -0.25) is 4.79 Å². The maximum absolute atomic E-state index is 12.7. The summed E-state index contributed by atoms with van der Waals surface area (Å²) in [4.78, 5) is 13.9. The molecule has 1 N–H and O–H groups in total. The number of methoxy groups -OCH3 is 1. The van der Waals surface area contributed by atoms with Crippen molar-refractivity contribution in [3.63, 3.8) is 0 Å².